The minimum atomic E-state index is -0.121. The van der Waals surface area contributed by atoms with Gasteiger partial charge in [0.2, 0.25) is 0 Å². The molecule has 0 saturated heterocycles. The van der Waals surface area contributed by atoms with E-state index in [9.17, 15) is 9.59 Å². The molecule has 1 atom stereocenters. The minimum absolute atomic E-state index is 0.0261. The van der Waals surface area contributed by atoms with Crippen LogP contribution in [0.25, 0.3) is 0 Å². The van der Waals surface area contributed by atoms with Crippen molar-refractivity contribution >= 4 is 11.6 Å². The van der Waals surface area contributed by atoms with Gasteiger partial charge >= 0.3 is 0 Å². The maximum atomic E-state index is 12.0. The van der Waals surface area contributed by atoms with Gasteiger partial charge in [0.15, 0.2) is 5.78 Å². The lowest BCUT2D eigenvalue weighted by Gasteiger charge is -2.31. The number of ketones is 2. The molecule has 0 aromatic carbocycles. The third-order valence-corrected chi connectivity index (χ3v) is 2.97. The Hall–Kier alpha value is -0.700. The van der Waals surface area contributed by atoms with Crippen LogP contribution in [0.1, 0.15) is 47.5 Å². The number of carbonyl (C=O) groups is 2. The number of nitrogens with zero attached hydrogens (tertiary/aromatic N) is 1. The smallest absolute Gasteiger partial charge is 0.152 e. The molecule has 0 aliphatic rings. The van der Waals surface area contributed by atoms with E-state index in [2.05, 4.69) is 18.7 Å². The van der Waals surface area contributed by atoms with E-state index in [1.54, 1.807) is 6.92 Å². The zero-order valence-corrected chi connectivity index (χ0v) is 11.4. The second-order valence-electron chi connectivity index (χ2n) is 5.07. The average Bonchev–Trinajstić information content (AvgIpc) is 2.16. The number of hydrogen-bond donors (Lipinski definition) is 0. The quantitative estimate of drug-likeness (QED) is 0.669. The number of hydrogen-bond acceptors (Lipinski definition) is 3. The monoisotopic (exact) mass is 227 g/mol. The first-order chi connectivity index (χ1) is 7.27. The highest BCUT2D eigenvalue weighted by atomic mass is 16.1. The summed E-state index contributed by atoms with van der Waals surface area (Å²) in [5, 5.41) is 0. The van der Waals surface area contributed by atoms with Crippen LogP contribution < -0.4 is 0 Å². The Bertz CT molecular complexity index is 246. The molecular formula is C13H25NO2. The lowest BCUT2D eigenvalue weighted by Crippen LogP contribution is -2.44. The standard InChI is InChI=1S/C13H25NO2/c1-9(2)13(16)12(8-7-11(5)15)14(6)10(3)4/h9-10,12H,7-8H2,1-6H3. The van der Waals surface area contributed by atoms with E-state index in [1.165, 1.54) is 0 Å². The molecule has 0 bridgehead atoms. The molecule has 0 N–H and O–H groups in total. The Balaban J connectivity index is 4.62. The van der Waals surface area contributed by atoms with Gasteiger partial charge in [-0.15, -0.1) is 0 Å². The van der Waals surface area contributed by atoms with Crippen molar-refractivity contribution < 1.29 is 9.59 Å². The summed E-state index contributed by atoms with van der Waals surface area (Å²) >= 11 is 0. The van der Waals surface area contributed by atoms with Gasteiger partial charge < -0.3 is 4.79 Å². The molecule has 0 fully saturated rings. The molecule has 0 aliphatic carbocycles. The third kappa shape index (κ3) is 4.88. The van der Waals surface area contributed by atoms with Crippen LogP contribution in [0.15, 0.2) is 0 Å². The summed E-state index contributed by atoms with van der Waals surface area (Å²) in [5.41, 5.74) is 0. The van der Waals surface area contributed by atoms with Gasteiger partial charge in [0.05, 0.1) is 6.04 Å². The summed E-state index contributed by atoms with van der Waals surface area (Å²) in [5.74, 6) is 0.411. The van der Waals surface area contributed by atoms with Crippen molar-refractivity contribution in [2.24, 2.45) is 5.92 Å². The second-order valence-corrected chi connectivity index (χ2v) is 5.07. The van der Waals surface area contributed by atoms with Crippen molar-refractivity contribution in [2.75, 3.05) is 7.05 Å². The van der Waals surface area contributed by atoms with E-state index < -0.39 is 0 Å². The first kappa shape index (κ1) is 15.3. The number of carbonyl (C=O) groups excluding carboxylic acids is 2. The number of Topliss-reactive ketones (excluding diaryl/α,β-unsaturated/α-hetero) is 2. The Morgan fingerprint density at radius 2 is 1.62 bits per heavy atom. The van der Waals surface area contributed by atoms with Gasteiger partial charge in [-0.05, 0) is 34.2 Å². The van der Waals surface area contributed by atoms with Crippen molar-refractivity contribution in [3.8, 4) is 0 Å². The predicted molar refractivity (Wildman–Crippen MR) is 66.4 cm³/mol. The molecule has 0 amide bonds. The molecule has 0 aromatic heterocycles. The van der Waals surface area contributed by atoms with E-state index in [0.29, 0.717) is 18.9 Å². The number of likely N-dealkylation sites (N-methyl/N-ethyl adjacent to an activating group) is 1. The van der Waals surface area contributed by atoms with Gasteiger partial charge in [-0.3, -0.25) is 9.69 Å². The van der Waals surface area contributed by atoms with Gasteiger partial charge in [-0.25, -0.2) is 0 Å². The zero-order chi connectivity index (χ0) is 12.9. The lowest BCUT2D eigenvalue weighted by atomic mass is 9.95. The van der Waals surface area contributed by atoms with E-state index in [4.69, 9.17) is 0 Å². The fourth-order valence-corrected chi connectivity index (χ4v) is 1.63. The highest BCUT2D eigenvalue weighted by Crippen LogP contribution is 2.14. The van der Waals surface area contributed by atoms with Gasteiger partial charge in [0.1, 0.15) is 5.78 Å². The molecular weight excluding hydrogens is 202 g/mol. The Morgan fingerprint density at radius 3 is 1.94 bits per heavy atom. The van der Waals surface area contributed by atoms with Crippen LogP contribution >= 0.6 is 0 Å². The minimum Gasteiger partial charge on any atom is -0.300 e. The molecule has 0 heterocycles. The molecule has 0 saturated carbocycles. The molecule has 3 heteroatoms. The van der Waals surface area contributed by atoms with Gasteiger partial charge in [-0.1, -0.05) is 13.8 Å². The molecule has 1 unspecified atom stereocenters. The largest absolute Gasteiger partial charge is 0.300 e. The van der Waals surface area contributed by atoms with Gasteiger partial charge in [0.25, 0.3) is 0 Å². The van der Waals surface area contributed by atoms with Crippen molar-refractivity contribution in [2.45, 2.75) is 59.5 Å². The molecule has 0 aliphatic heterocycles. The Labute approximate surface area is 99.2 Å². The van der Waals surface area contributed by atoms with Crippen LogP contribution in [-0.2, 0) is 9.59 Å². The summed E-state index contributed by atoms with van der Waals surface area (Å²) in [6.45, 7) is 9.53. The van der Waals surface area contributed by atoms with Crippen LogP contribution in [0.3, 0.4) is 0 Å². The van der Waals surface area contributed by atoms with Crippen LogP contribution in [0.2, 0.25) is 0 Å². The highest BCUT2D eigenvalue weighted by molar-refractivity contribution is 5.86. The third-order valence-electron chi connectivity index (χ3n) is 2.97. The van der Waals surface area contributed by atoms with E-state index in [1.807, 2.05) is 20.9 Å². The molecule has 0 aromatic rings. The first-order valence-electron chi connectivity index (χ1n) is 6.02. The van der Waals surface area contributed by atoms with E-state index in [0.717, 1.165) is 0 Å². The van der Waals surface area contributed by atoms with E-state index in [-0.39, 0.29) is 23.5 Å². The topological polar surface area (TPSA) is 37.4 Å². The Morgan fingerprint density at radius 1 is 1.12 bits per heavy atom. The van der Waals surface area contributed by atoms with Crippen LogP contribution in [0.4, 0.5) is 0 Å². The summed E-state index contributed by atoms with van der Waals surface area (Å²) in [4.78, 5) is 25.1. The van der Waals surface area contributed by atoms with Crippen LogP contribution in [0.5, 0.6) is 0 Å². The maximum absolute atomic E-state index is 12.0. The lowest BCUT2D eigenvalue weighted by molar-refractivity contribution is -0.128. The predicted octanol–water partition coefficient (Wildman–Crippen LogP) is 2.29. The summed E-state index contributed by atoms with van der Waals surface area (Å²) in [6.07, 6.45) is 1.13. The van der Waals surface area contributed by atoms with Gasteiger partial charge in [-0.2, -0.15) is 0 Å². The molecule has 0 rings (SSSR count). The number of rotatable bonds is 7. The van der Waals surface area contributed by atoms with Crippen molar-refractivity contribution in [3.63, 3.8) is 0 Å². The van der Waals surface area contributed by atoms with Crippen LogP contribution in [-0.4, -0.2) is 35.6 Å². The normalized spacial score (nSPS) is 13.6. The first-order valence-corrected chi connectivity index (χ1v) is 6.02. The Kier molecular flexibility index (Phi) is 6.49. The molecule has 0 radical (unpaired) electrons. The molecule has 3 nitrogen and oxygen atoms in total. The fraction of sp³-hybridized carbons (Fsp3) is 0.846. The maximum Gasteiger partial charge on any atom is 0.152 e. The molecule has 94 valence electrons. The fourth-order valence-electron chi connectivity index (χ4n) is 1.63. The van der Waals surface area contributed by atoms with Crippen molar-refractivity contribution in [1.82, 2.24) is 4.90 Å². The molecule has 16 heavy (non-hydrogen) atoms. The SMILES string of the molecule is CC(=O)CCC(C(=O)C(C)C)N(C)C(C)C. The van der Waals surface area contributed by atoms with E-state index >= 15 is 0 Å². The summed E-state index contributed by atoms with van der Waals surface area (Å²) in [7, 11) is 1.95. The zero-order valence-electron chi connectivity index (χ0n) is 11.4. The second kappa shape index (κ2) is 6.79. The summed E-state index contributed by atoms with van der Waals surface area (Å²) in [6, 6.07) is 0.198. The molecule has 0 spiro atoms. The van der Waals surface area contributed by atoms with Crippen molar-refractivity contribution in [1.29, 1.82) is 0 Å². The van der Waals surface area contributed by atoms with Crippen molar-refractivity contribution in [3.05, 3.63) is 0 Å². The average molecular weight is 227 g/mol. The van der Waals surface area contributed by atoms with Gasteiger partial charge in [0, 0.05) is 18.4 Å². The van der Waals surface area contributed by atoms with Crippen LogP contribution in [0, 0.1) is 5.92 Å². The highest BCUT2D eigenvalue weighted by Gasteiger charge is 2.26. The summed E-state index contributed by atoms with van der Waals surface area (Å²) < 4.78 is 0.